The third kappa shape index (κ3) is 3.60. The normalized spacial score (nSPS) is 20.3. The molecule has 0 saturated carbocycles. The van der Waals surface area contributed by atoms with Crippen LogP contribution in [0.4, 0.5) is 0 Å². The van der Waals surface area contributed by atoms with E-state index in [2.05, 4.69) is 10.2 Å². The summed E-state index contributed by atoms with van der Waals surface area (Å²) in [4.78, 5) is 2.18. The Labute approximate surface area is 79.9 Å². The van der Waals surface area contributed by atoms with E-state index in [1.54, 1.807) is 0 Å². The summed E-state index contributed by atoms with van der Waals surface area (Å²) in [6.07, 6.45) is -0.356. The fourth-order valence-electron chi connectivity index (χ4n) is 1.37. The number of nitrogens with zero attached hydrogens (tertiary/aromatic N) is 1. The second-order valence-electron chi connectivity index (χ2n) is 3.56. The van der Waals surface area contributed by atoms with Crippen LogP contribution in [0, 0.1) is 0 Å². The Kier molecular flexibility index (Phi) is 4.66. The van der Waals surface area contributed by atoms with E-state index < -0.39 is 0 Å². The average molecular weight is 188 g/mol. The lowest BCUT2D eigenvalue weighted by Gasteiger charge is -2.36. The zero-order chi connectivity index (χ0) is 9.68. The van der Waals surface area contributed by atoms with Crippen molar-refractivity contribution in [1.82, 2.24) is 10.2 Å². The number of aliphatic hydroxyl groups is 1. The van der Waals surface area contributed by atoms with Crippen molar-refractivity contribution in [2.45, 2.75) is 19.1 Å². The molecule has 4 heteroatoms. The first-order valence-corrected chi connectivity index (χ1v) is 4.90. The first-order chi connectivity index (χ1) is 6.24. The molecule has 0 bridgehead atoms. The highest BCUT2D eigenvalue weighted by molar-refractivity contribution is 4.83. The predicted octanol–water partition coefficient (Wildman–Crippen LogP) is -0.713. The van der Waals surface area contributed by atoms with Gasteiger partial charge >= 0.3 is 0 Å². The van der Waals surface area contributed by atoms with Gasteiger partial charge < -0.3 is 15.2 Å². The number of hydrogen-bond donors (Lipinski definition) is 2. The van der Waals surface area contributed by atoms with Gasteiger partial charge in [-0.2, -0.15) is 0 Å². The van der Waals surface area contributed by atoms with Crippen molar-refractivity contribution in [3.05, 3.63) is 0 Å². The zero-order valence-corrected chi connectivity index (χ0v) is 8.49. The summed E-state index contributed by atoms with van der Waals surface area (Å²) in [5.41, 5.74) is 0. The van der Waals surface area contributed by atoms with Crippen LogP contribution in [0.15, 0.2) is 0 Å². The standard InChI is InChI=1S/C9H20N2O2/c1-3-13-7-9(12)6-11(2)8-4-10-5-8/h8-10,12H,3-7H2,1-2H3. The smallest absolute Gasteiger partial charge is 0.0900 e. The van der Waals surface area contributed by atoms with E-state index in [0.717, 1.165) is 13.1 Å². The average Bonchev–Trinajstić information content (AvgIpc) is 1.97. The van der Waals surface area contributed by atoms with Gasteiger partial charge in [0.05, 0.1) is 12.7 Å². The Morgan fingerprint density at radius 1 is 1.62 bits per heavy atom. The summed E-state index contributed by atoms with van der Waals surface area (Å²) in [6.45, 7) is 5.83. The molecule has 0 amide bonds. The summed E-state index contributed by atoms with van der Waals surface area (Å²) in [5, 5.41) is 12.7. The SMILES string of the molecule is CCOCC(O)CN(C)C1CNC1. The summed E-state index contributed by atoms with van der Waals surface area (Å²) >= 11 is 0. The Hall–Kier alpha value is -0.160. The molecule has 0 aromatic carbocycles. The van der Waals surface area contributed by atoms with E-state index in [1.165, 1.54) is 0 Å². The first-order valence-electron chi connectivity index (χ1n) is 4.90. The minimum atomic E-state index is -0.356. The molecule has 2 N–H and O–H groups in total. The molecule has 0 aliphatic carbocycles. The monoisotopic (exact) mass is 188 g/mol. The lowest BCUT2D eigenvalue weighted by Crippen LogP contribution is -2.57. The maximum atomic E-state index is 9.53. The second kappa shape index (κ2) is 5.54. The van der Waals surface area contributed by atoms with Crippen LogP contribution >= 0.6 is 0 Å². The molecule has 78 valence electrons. The van der Waals surface area contributed by atoms with E-state index in [-0.39, 0.29) is 6.10 Å². The number of rotatable bonds is 6. The number of likely N-dealkylation sites (N-methyl/N-ethyl adjacent to an activating group) is 1. The maximum absolute atomic E-state index is 9.53. The summed E-state index contributed by atoms with van der Waals surface area (Å²) in [6, 6.07) is 0.594. The molecule has 1 unspecified atom stereocenters. The Bertz CT molecular complexity index is 140. The number of aliphatic hydroxyl groups excluding tert-OH is 1. The van der Waals surface area contributed by atoms with Gasteiger partial charge in [-0.1, -0.05) is 0 Å². The quantitative estimate of drug-likeness (QED) is 0.578. The summed E-state index contributed by atoms with van der Waals surface area (Å²) < 4.78 is 5.14. The third-order valence-electron chi connectivity index (χ3n) is 2.40. The Balaban J connectivity index is 2.07. The van der Waals surface area contributed by atoms with E-state index >= 15 is 0 Å². The van der Waals surface area contributed by atoms with E-state index in [1.807, 2.05) is 14.0 Å². The number of hydrogen-bond acceptors (Lipinski definition) is 4. The fourth-order valence-corrected chi connectivity index (χ4v) is 1.37. The Morgan fingerprint density at radius 2 is 2.31 bits per heavy atom. The highest BCUT2D eigenvalue weighted by Crippen LogP contribution is 2.02. The highest BCUT2D eigenvalue weighted by Gasteiger charge is 2.22. The molecule has 0 aromatic rings. The molecule has 1 atom stereocenters. The van der Waals surface area contributed by atoms with Crippen molar-refractivity contribution < 1.29 is 9.84 Å². The van der Waals surface area contributed by atoms with Crippen LogP contribution in [0.1, 0.15) is 6.92 Å². The van der Waals surface area contributed by atoms with Crippen LogP contribution in [-0.2, 0) is 4.74 Å². The van der Waals surface area contributed by atoms with E-state index in [4.69, 9.17) is 4.74 Å². The van der Waals surface area contributed by atoms with Crippen molar-refractivity contribution in [2.24, 2.45) is 0 Å². The molecule has 0 spiro atoms. The highest BCUT2D eigenvalue weighted by atomic mass is 16.5. The van der Waals surface area contributed by atoms with Gasteiger partial charge in [-0.15, -0.1) is 0 Å². The van der Waals surface area contributed by atoms with Crippen molar-refractivity contribution in [1.29, 1.82) is 0 Å². The second-order valence-corrected chi connectivity index (χ2v) is 3.56. The molecular weight excluding hydrogens is 168 g/mol. The summed E-state index contributed by atoms with van der Waals surface area (Å²) in [5.74, 6) is 0. The van der Waals surface area contributed by atoms with Crippen LogP contribution in [0.3, 0.4) is 0 Å². The van der Waals surface area contributed by atoms with Crippen molar-refractivity contribution >= 4 is 0 Å². The largest absolute Gasteiger partial charge is 0.389 e. The topological polar surface area (TPSA) is 44.7 Å². The van der Waals surface area contributed by atoms with Crippen molar-refractivity contribution in [3.8, 4) is 0 Å². The third-order valence-corrected chi connectivity index (χ3v) is 2.40. The molecule has 13 heavy (non-hydrogen) atoms. The molecule has 1 fully saturated rings. The molecule has 1 heterocycles. The molecule has 1 saturated heterocycles. The minimum absolute atomic E-state index is 0.356. The lowest BCUT2D eigenvalue weighted by atomic mass is 10.1. The molecule has 1 aliphatic heterocycles. The molecule has 1 aliphatic rings. The van der Waals surface area contributed by atoms with Gasteiger partial charge in [0.1, 0.15) is 0 Å². The van der Waals surface area contributed by atoms with E-state index in [0.29, 0.717) is 25.8 Å². The number of nitrogens with one attached hydrogen (secondary N) is 1. The van der Waals surface area contributed by atoms with Crippen LogP contribution in [-0.4, -0.2) is 62.0 Å². The van der Waals surface area contributed by atoms with Crippen molar-refractivity contribution in [2.75, 3.05) is 39.9 Å². The van der Waals surface area contributed by atoms with Gasteiger partial charge in [-0.25, -0.2) is 0 Å². The van der Waals surface area contributed by atoms with Gasteiger partial charge in [0.15, 0.2) is 0 Å². The van der Waals surface area contributed by atoms with Crippen LogP contribution in [0.2, 0.25) is 0 Å². The lowest BCUT2D eigenvalue weighted by molar-refractivity contribution is 0.0137. The maximum Gasteiger partial charge on any atom is 0.0900 e. The van der Waals surface area contributed by atoms with Gasteiger partial charge in [0.2, 0.25) is 0 Å². The Morgan fingerprint density at radius 3 is 2.77 bits per heavy atom. The fraction of sp³-hybridized carbons (Fsp3) is 1.00. The van der Waals surface area contributed by atoms with E-state index in [9.17, 15) is 5.11 Å². The predicted molar refractivity (Wildman–Crippen MR) is 51.8 cm³/mol. The summed E-state index contributed by atoms with van der Waals surface area (Å²) in [7, 11) is 2.04. The first kappa shape index (κ1) is 10.9. The molecule has 4 nitrogen and oxygen atoms in total. The number of ether oxygens (including phenoxy) is 1. The molecular formula is C9H20N2O2. The van der Waals surface area contributed by atoms with Gasteiger partial charge in [-0.3, -0.25) is 4.90 Å². The van der Waals surface area contributed by atoms with Crippen LogP contribution < -0.4 is 5.32 Å². The molecule has 0 aromatic heterocycles. The van der Waals surface area contributed by atoms with Gasteiger partial charge in [-0.05, 0) is 14.0 Å². The van der Waals surface area contributed by atoms with Gasteiger partial charge in [0, 0.05) is 32.3 Å². The zero-order valence-electron chi connectivity index (χ0n) is 8.49. The minimum Gasteiger partial charge on any atom is -0.389 e. The molecule has 0 radical (unpaired) electrons. The van der Waals surface area contributed by atoms with Crippen molar-refractivity contribution in [3.63, 3.8) is 0 Å². The van der Waals surface area contributed by atoms with Crippen LogP contribution in [0.5, 0.6) is 0 Å². The van der Waals surface area contributed by atoms with Gasteiger partial charge in [0.25, 0.3) is 0 Å². The van der Waals surface area contributed by atoms with Crippen LogP contribution in [0.25, 0.3) is 0 Å². The molecule has 1 rings (SSSR count).